The van der Waals surface area contributed by atoms with Gasteiger partial charge in [0.25, 0.3) is 0 Å². The van der Waals surface area contributed by atoms with Gasteiger partial charge in [-0.3, -0.25) is 4.79 Å². The Balaban J connectivity index is 2.56. The van der Waals surface area contributed by atoms with Crippen molar-refractivity contribution >= 4 is 19.5 Å². The quantitative estimate of drug-likeness (QED) is 0.557. The molecule has 7 nitrogen and oxygen atoms in total. The van der Waals surface area contributed by atoms with E-state index in [1.807, 2.05) is 0 Å². The topological polar surface area (TPSA) is 119 Å². The van der Waals surface area contributed by atoms with Gasteiger partial charge in [0, 0.05) is 6.42 Å². The molecule has 0 aromatic rings. The fraction of sp³-hybridized carbons (Fsp3) is 0.714. The van der Waals surface area contributed by atoms with Crippen LogP contribution in [0.4, 0.5) is 0 Å². The van der Waals surface area contributed by atoms with Gasteiger partial charge < -0.3 is 20.5 Å². The summed E-state index contributed by atoms with van der Waals surface area (Å²) in [7, 11) is -4.12. The number of rotatable bonds is 3. The van der Waals surface area contributed by atoms with Crippen molar-refractivity contribution in [2.24, 2.45) is 5.73 Å². The lowest BCUT2D eigenvalue weighted by atomic mass is 10.2. The van der Waals surface area contributed by atoms with Crippen LogP contribution in [0.2, 0.25) is 0 Å². The van der Waals surface area contributed by atoms with Crippen molar-refractivity contribution in [3.63, 3.8) is 0 Å². The molecule has 0 spiro atoms. The molecule has 0 radical (unpaired) electrons. The number of carbonyl (C=O) groups is 2. The highest BCUT2D eigenvalue weighted by atomic mass is 31.2. The van der Waals surface area contributed by atoms with Crippen LogP contribution in [-0.2, 0) is 18.7 Å². The van der Waals surface area contributed by atoms with Crippen LogP contribution in [0.5, 0.6) is 0 Å². The molecule has 0 bridgehead atoms. The molecule has 1 fully saturated rings. The largest absolute Gasteiger partial charge is 0.395 e. The van der Waals surface area contributed by atoms with Gasteiger partial charge in [-0.15, -0.1) is 0 Å². The number of nitrogens with one attached hydrogen (secondary N) is 1. The summed E-state index contributed by atoms with van der Waals surface area (Å²) in [6.07, 6.45) is 0.490. The van der Waals surface area contributed by atoms with Gasteiger partial charge >= 0.3 is 13.6 Å². The highest BCUT2D eigenvalue weighted by Crippen LogP contribution is 2.45. The number of amides is 1. The molecule has 3 atom stereocenters. The average Bonchev–Trinajstić information content (AvgIpc) is 2.50. The van der Waals surface area contributed by atoms with Crippen LogP contribution in [0.1, 0.15) is 19.8 Å². The lowest BCUT2D eigenvalue weighted by Gasteiger charge is -2.17. The Morgan fingerprint density at radius 2 is 2.40 bits per heavy atom. The predicted octanol–water partition coefficient (Wildman–Crippen LogP) is -0.702. The van der Waals surface area contributed by atoms with Gasteiger partial charge in [0.2, 0.25) is 5.91 Å². The van der Waals surface area contributed by atoms with Gasteiger partial charge in [0.1, 0.15) is 11.8 Å². The first kappa shape index (κ1) is 12.2. The van der Waals surface area contributed by atoms with Gasteiger partial charge in [-0.2, -0.15) is 0 Å². The normalized spacial score (nSPS) is 26.6. The van der Waals surface area contributed by atoms with E-state index in [-0.39, 0.29) is 18.7 Å². The zero-order valence-electron chi connectivity index (χ0n) is 8.17. The van der Waals surface area contributed by atoms with Crippen LogP contribution in [0.3, 0.4) is 0 Å². The van der Waals surface area contributed by atoms with E-state index < -0.39 is 25.4 Å². The number of hydrogen-bond acceptors (Lipinski definition) is 5. The number of carbonyl (C=O) groups excluding carboxylic acids is 2. The second-order valence-corrected chi connectivity index (χ2v) is 5.50. The molecule has 1 saturated heterocycles. The Kier molecular flexibility index (Phi) is 3.49. The highest BCUT2D eigenvalue weighted by molar-refractivity contribution is 7.54. The summed E-state index contributed by atoms with van der Waals surface area (Å²) in [5.74, 6) is -2.33. The maximum atomic E-state index is 11.3. The zero-order valence-corrected chi connectivity index (χ0v) is 9.07. The van der Waals surface area contributed by atoms with E-state index in [1.54, 1.807) is 0 Å². The third-order valence-corrected chi connectivity index (χ3v) is 3.49. The fourth-order valence-corrected chi connectivity index (χ4v) is 1.62. The van der Waals surface area contributed by atoms with Crippen LogP contribution in [-0.4, -0.2) is 28.6 Å². The number of hydrogen-bond donors (Lipinski definition) is 3. The van der Waals surface area contributed by atoms with E-state index in [2.05, 4.69) is 9.84 Å². The molecule has 0 saturated carbocycles. The molecule has 1 aliphatic heterocycles. The minimum atomic E-state index is -4.12. The lowest BCUT2D eigenvalue weighted by Crippen LogP contribution is -2.35. The van der Waals surface area contributed by atoms with Crippen LogP contribution < -0.4 is 11.1 Å². The van der Waals surface area contributed by atoms with E-state index in [1.165, 1.54) is 6.92 Å². The van der Waals surface area contributed by atoms with Crippen molar-refractivity contribution in [1.29, 1.82) is 0 Å². The van der Waals surface area contributed by atoms with E-state index in [9.17, 15) is 14.2 Å². The summed E-state index contributed by atoms with van der Waals surface area (Å²) in [5.41, 5.74) is 5.17. The lowest BCUT2D eigenvalue weighted by molar-refractivity contribution is -0.138. The standard InChI is InChI=1S/C7H13N2O5P/c1-4(8)15(12,13)14-7(11)5-2-3-6(10)9-5/h4-5H,2-3,8H2,1H3,(H,9,10)(H,12,13)/t4?,5-/m0/s1. The van der Waals surface area contributed by atoms with Crippen molar-refractivity contribution in [1.82, 2.24) is 5.32 Å². The minimum absolute atomic E-state index is 0.216. The summed E-state index contributed by atoms with van der Waals surface area (Å²) in [5, 5.41) is 2.33. The first-order chi connectivity index (χ1) is 6.83. The monoisotopic (exact) mass is 236 g/mol. The molecular weight excluding hydrogens is 223 g/mol. The SMILES string of the molecule is CC(N)P(=O)(O)OC(=O)[C@@H]1CCC(=O)N1. The Bertz CT molecular complexity index is 329. The molecular formula is C7H13N2O5P. The van der Waals surface area contributed by atoms with Crippen LogP contribution in [0.25, 0.3) is 0 Å². The third kappa shape index (κ3) is 3.02. The van der Waals surface area contributed by atoms with Crippen LogP contribution in [0.15, 0.2) is 0 Å². The predicted molar refractivity (Wildman–Crippen MR) is 50.7 cm³/mol. The molecule has 0 aromatic heterocycles. The maximum absolute atomic E-state index is 11.3. The van der Waals surface area contributed by atoms with Crippen LogP contribution in [0, 0.1) is 0 Å². The summed E-state index contributed by atoms with van der Waals surface area (Å²) in [4.78, 5) is 31.2. The second-order valence-electron chi connectivity index (χ2n) is 3.37. The fourth-order valence-electron chi connectivity index (χ4n) is 1.07. The molecule has 1 amide bonds. The summed E-state index contributed by atoms with van der Waals surface area (Å²) in [6.45, 7) is 1.27. The van der Waals surface area contributed by atoms with E-state index in [0.29, 0.717) is 0 Å². The molecule has 1 rings (SSSR count). The Labute approximate surface area is 86.5 Å². The molecule has 0 aliphatic carbocycles. The number of nitrogens with two attached hydrogens (primary N) is 1. The van der Waals surface area contributed by atoms with Gasteiger partial charge in [-0.1, -0.05) is 0 Å². The van der Waals surface area contributed by atoms with Gasteiger partial charge in [0.15, 0.2) is 0 Å². The first-order valence-corrected chi connectivity index (χ1v) is 6.08. The Hall–Kier alpha value is -0.910. The van der Waals surface area contributed by atoms with Crippen LogP contribution >= 0.6 is 7.60 Å². The van der Waals surface area contributed by atoms with Crippen molar-refractivity contribution in [2.75, 3.05) is 0 Å². The molecule has 15 heavy (non-hydrogen) atoms. The maximum Gasteiger partial charge on any atom is 0.395 e. The molecule has 2 unspecified atom stereocenters. The van der Waals surface area contributed by atoms with Crippen molar-refractivity contribution in [2.45, 2.75) is 31.6 Å². The molecule has 8 heteroatoms. The summed E-state index contributed by atoms with van der Waals surface area (Å²) >= 11 is 0. The molecule has 0 aromatic carbocycles. The van der Waals surface area contributed by atoms with Crippen molar-refractivity contribution in [3.05, 3.63) is 0 Å². The summed E-state index contributed by atoms with van der Waals surface area (Å²) in [6, 6.07) is -0.836. The smallest absolute Gasteiger partial charge is 0.389 e. The molecule has 1 heterocycles. The summed E-state index contributed by atoms with van der Waals surface area (Å²) < 4.78 is 15.6. The first-order valence-electron chi connectivity index (χ1n) is 4.44. The molecule has 4 N–H and O–H groups in total. The molecule has 86 valence electrons. The van der Waals surface area contributed by atoms with Gasteiger partial charge in [0.05, 0.1) is 0 Å². The van der Waals surface area contributed by atoms with E-state index in [4.69, 9.17) is 10.6 Å². The second kappa shape index (κ2) is 4.30. The van der Waals surface area contributed by atoms with E-state index >= 15 is 0 Å². The van der Waals surface area contributed by atoms with E-state index in [0.717, 1.165) is 0 Å². The minimum Gasteiger partial charge on any atom is -0.389 e. The Morgan fingerprint density at radius 3 is 2.80 bits per heavy atom. The van der Waals surface area contributed by atoms with Crippen molar-refractivity contribution < 1.29 is 23.6 Å². The third-order valence-electron chi connectivity index (χ3n) is 2.02. The highest BCUT2D eigenvalue weighted by Gasteiger charge is 2.35. The van der Waals surface area contributed by atoms with Gasteiger partial charge in [-0.25, -0.2) is 9.36 Å². The average molecular weight is 236 g/mol. The van der Waals surface area contributed by atoms with Gasteiger partial charge in [-0.05, 0) is 13.3 Å². The molecule has 1 aliphatic rings. The van der Waals surface area contributed by atoms with Crippen molar-refractivity contribution in [3.8, 4) is 0 Å². The Morgan fingerprint density at radius 1 is 1.80 bits per heavy atom. The zero-order chi connectivity index (χ0) is 11.6.